The number of rotatable bonds is 5. The van der Waals surface area contributed by atoms with Crippen molar-refractivity contribution in [3.05, 3.63) is 48.0 Å². The lowest BCUT2D eigenvalue weighted by Crippen LogP contribution is -2.44. The summed E-state index contributed by atoms with van der Waals surface area (Å²) >= 11 is 0. The Morgan fingerprint density at radius 1 is 1.29 bits per heavy atom. The molecular weight excluding hydrogens is 311 g/mol. The summed E-state index contributed by atoms with van der Waals surface area (Å²) in [4.78, 5) is 16.2. The molecular formula is C17H21FN4O2. The van der Waals surface area contributed by atoms with E-state index in [9.17, 15) is 9.18 Å². The predicted molar refractivity (Wildman–Crippen MR) is 88.6 cm³/mol. The van der Waals surface area contributed by atoms with Gasteiger partial charge in [0, 0.05) is 38.6 Å². The van der Waals surface area contributed by atoms with Crippen LogP contribution in [-0.2, 0) is 11.3 Å². The minimum absolute atomic E-state index is 0.197. The molecule has 6 nitrogen and oxygen atoms in total. The number of carbonyl (C=O) groups excluding carboxylic acids is 1. The quantitative estimate of drug-likeness (QED) is 0.779. The molecule has 1 aliphatic heterocycles. The third kappa shape index (κ3) is 3.91. The lowest BCUT2D eigenvalue weighted by atomic mass is 10.1. The predicted octanol–water partition coefficient (Wildman–Crippen LogP) is 1.63. The Labute approximate surface area is 140 Å². The van der Waals surface area contributed by atoms with E-state index >= 15 is 0 Å². The highest BCUT2D eigenvalue weighted by Gasteiger charge is 2.19. The van der Waals surface area contributed by atoms with Crippen LogP contribution in [0.5, 0.6) is 0 Å². The van der Waals surface area contributed by atoms with E-state index in [4.69, 9.17) is 4.74 Å². The van der Waals surface area contributed by atoms with Crippen LogP contribution >= 0.6 is 0 Å². The molecule has 24 heavy (non-hydrogen) atoms. The summed E-state index contributed by atoms with van der Waals surface area (Å²) in [6, 6.07) is 6.33. The summed E-state index contributed by atoms with van der Waals surface area (Å²) in [5.74, 6) is -0.910. The number of aromatic nitrogens is 2. The second-order valence-corrected chi connectivity index (χ2v) is 5.86. The van der Waals surface area contributed by atoms with Crippen LogP contribution in [0.4, 0.5) is 10.1 Å². The molecule has 1 aliphatic rings. The first-order valence-corrected chi connectivity index (χ1v) is 8.01. The summed E-state index contributed by atoms with van der Waals surface area (Å²) in [6.45, 7) is 4.03. The highest BCUT2D eigenvalue weighted by Crippen LogP contribution is 2.22. The van der Waals surface area contributed by atoms with Gasteiger partial charge in [0.2, 0.25) is 0 Å². The van der Waals surface area contributed by atoms with Crippen LogP contribution in [0.15, 0.2) is 36.7 Å². The van der Waals surface area contributed by atoms with Gasteiger partial charge in [0.05, 0.1) is 17.8 Å². The normalized spacial score (nSPS) is 15.5. The molecule has 0 N–H and O–H groups in total. The number of esters is 1. The van der Waals surface area contributed by atoms with E-state index in [-0.39, 0.29) is 18.0 Å². The van der Waals surface area contributed by atoms with Gasteiger partial charge in [0.25, 0.3) is 0 Å². The Morgan fingerprint density at radius 3 is 2.75 bits per heavy atom. The standard InChI is InChI=1S/C17H21FN4O2/c1-20-7-9-21(10-8-20)16-4-3-14(13-15(16)18)17(23)24-12-11-22-6-2-5-19-22/h2-6,13H,7-12H2,1H3. The lowest BCUT2D eigenvalue weighted by Gasteiger charge is -2.34. The highest BCUT2D eigenvalue weighted by atomic mass is 19.1. The number of nitrogens with zero attached hydrogens (tertiary/aromatic N) is 4. The number of hydrogen-bond donors (Lipinski definition) is 0. The molecule has 3 rings (SSSR count). The first-order chi connectivity index (χ1) is 11.6. The molecule has 0 radical (unpaired) electrons. The van der Waals surface area contributed by atoms with Crippen molar-refractivity contribution in [2.75, 3.05) is 44.7 Å². The molecule has 2 aromatic rings. The van der Waals surface area contributed by atoms with Crippen molar-refractivity contribution in [2.24, 2.45) is 0 Å². The fraction of sp³-hybridized carbons (Fsp3) is 0.412. The third-order valence-electron chi connectivity index (χ3n) is 4.14. The Morgan fingerprint density at radius 2 is 2.08 bits per heavy atom. The van der Waals surface area contributed by atoms with E-state index in [2.05, 4.69) is 17.0 Å². The second kappa shape index (κ2) is 7.44. The van der Waals surface area contributed by atoms with Crippen molar-refractivity contribution in [1.29, 1.82) is 0 Å². The number of benzene rings is 1. The van der Waals surface area contributed by atoms with Crippen molar-refractivity contribution in [2.45, 2.75) is 6.54 Å². The molecule has 0 bridgehead atoms. The molecule has 0 unspecified atom stereocenters. The van der Waals surface area contributed by atoms with Gasteiger partial charge in [-0.1, -0.05) is 0 Å². The van der Waals surface area contributed by atoms with Crippen molar-refractivity contribution in [3.8, 4) is 0 Å². The van der Waals surface area contributed by atoms with Crippen molar-refractivity contribution in [3.63, 3.8) is 0 Å². The lowest BCUT2D eigenvalue weighted by molar-refractivity contribution is 0.0487. The maximum absolute atomic E-state index is 14.4. The Kier molecular flexibility index (Phi) is 5.10. The first kappa shape index (κ1) is 16.4. The second-order valence-electron chi connectivity index (χ2n) is 5.86. The molecule has 128 valence electrons. The van der Waals surface area contributed by atoms with Crippen molar-refractivity contribution < 1.29 is 13.9 Å². The summed E-state index contributed by atoms with van der Waals surface area (Å²) in [5, 5.41) is 4.03. The molecule has 0 saturated carbocycles. The average Bonchev–Trinajstić information content (AvgIpc) is 3.09. The fourth-order valence-corrected chi connectivity index (χ4v) is 2.69. The number of halogens is 1. The van der Waals surface area contributed by atoms with Gasteiger partial charge >= 0.3 is 5.97 Å². The molecule has 0 spiro atoms. The minimum Gasteiger partial charge on any atom is -0.460 e. The van der Waals surface area contributed by atoms with E-state index in [0.29, 0.717) is 12.2 Å². The molecule has 1 aromatic carbocycles. The first-order valence-electron chi connectivity index (χ1n) is 8.01. The van der Waals surface area contributed by atoms with Gasteiger partial charge in [-0.3, -0.25) is 4.68 Å². The van der Waals surface area contributed by atoms with E-state index in [1.807, 2.05) is 4.90 Å². The minimum atomic E-state index is -0.522. The van der Waals surface area contributed by atoms with Gasteiger partial charge in [-0.05, 0) is 31.3 Å². The molecule has 1 fully saturated rings. The highest BCUT2D eigenvalue weighted by molar-refractivity contribution is 5.89. The van der Waals surface area contributed by atoms with E-state index < -0.39 is 5.97 Å². The topological polar surface area (TPSA) is 50.6 Å². The van der Waals surface area contributed by atoms with Gasteiger partial charge in [0.15, 0.2) is 0 Å². The Hall–Kier alpha value is -2.41. The van der Waals surface area contributed by atoms with Crippen LogP contribution < -0.4 is 4.90 Å². The average molecular weight is 332 g/mol. The Balaban J connectivity index is 1.58. The van der Waals surface area contributed by atoms with E-state index in [1.165, 1.54) is 6.07 Å². The summed E-state index contributed by atoms with van der Waals surface area (Å²) in [7, 11) is 2.05. The molecule has 1 aromatic heterocycles. The number of piperazine rings is 1. The Bertz CT molecular complexity index is 682. The zero-order valence-corrected chi connectivity index (χ0v) is 13.7. The van der Waals surface area contributed by atoms with Gasteiger partial charge in [-0.15, -0.1) is 0 Å². The van der Waals surface area contributed by atoms with Crippen molar-refractivity contribution >= 4 is 11.7 Å². The molecule has 2 heterocycles. The van der Waals surface area contributed by atoms with Gasteiger partial charge in [-0.2, -0.15) is 5.10 Å². The molecule has 0 amide bonds. The van der Waals surface area contributed by atoms with E-state index in [0.717, 1.165) is 26.2 Å². The van der Waals surface area contributed by atoms with Crippen LogP contribution in [0, 0.1) is 5.82 Å². The largest absolute Gasteiger partial charge is 0.460 e. The van der Waals surface area contributed by atoms with Crippen LogP contribution in [0.25, 0.3) is 0 Å². The zero-order chi connectivity index (χ0) is 16.9. The number of carbonyl (C=O) groups is 1. The molecule has 0 aliphatic carbocycles. The maximum atomic E-state index is 14.4. The number of anilines is 1. The van der Waals surface area contributed by atoms with Crippen LogP contribution in [0.3, 0.4) is 0 Å². The SMILES string of the molecule is CN1CCN(c2ccc(C(=O)OCCn3cccn3)cc2F)CC1. The van der Waals surface area contributed by atoms with Crippen molar-refractivity contribution in [1.82, 2.24) is 14.7 Å². The third-order valence-corrected chi connectivity index (χ3v) is 4.14. The smallest absolute Gasteiger partial charge is 0.338 e. The van der Waals surface area contributed by atoms with Gasteiger partial charge in [0.1, 0.15) is 12.4 Å². The molecule has 7 heteroatoms. The monoisotopic (exact) mass is 332 g/mol. The fourth-order valence-electron chi connectivity index (χ4n) is 2.69. The van der Waals surface area contributed by atoms with Crippen LogP contribution in [0.2, 0.25) is 0 Å². The van der Waals surface area contributed by atoms with E-state index in [1.54, 1.807) is 35.3 Å². The van der Waals surface area contributed by atoms with Gasteiger partial charge in [-0.25, -0.2) is 9.18 Å². The number of ether oxygens (including phenoxy) is 1. The molecule has 1 saturated heterocycles. The summed E-state index contributed by atoms with van der Waals surface area (Å²) < 4.78 is 21.2. The maximum Gasteiger partial charge on any atom is 0.338 e. The summed E-state index contributed by atoms with van der Waals surface area (Å²) in [5.41, 5.74) is 0.766. The number of likely N-dealkylation sites (N-methyl/N-ethyl adjacent to an activating group) is 1. The van der Waals surface area contributed by atoms with Gasteiger partial charge < -0.3 is 14.5 Å². The number of hydrogen-bond acceptors (Lipinski definition) is 5. The summed E-state index contributed by atoms with van der Waals surface area (Å²) in [6.07, 6.45) is 3.45. The van der Waals surface area contributed by atoms with Crippen LogP contribution in [-0.4, -0.2) is 60.5 Å². The van der Waals surface area contributed by atoms with Crippen LogP contribution in [0.1, 0.15) is 10.4 Å². The zero-order valence-electron chi connectivity index (χ0n) is 13.7. The molecule has 0 atom stereocenters.